The summed E-state index contributed by atoms with van der Waals surface area (Å²) in [7, 11) is 1.62. The Kier molecular flexibility index (Phi) is 7.72. The average Bonchev–Trinajstić information content (AvgIpc) is 3.22. The quantitative estimate of drug-likeness (QED) is 0.614. The van der Waals surface area contributed by atoms with Crippen LogP contribution in [0.2, 0.25) is 0 Å². The number of carbonyl (C=O) groups excluding carboxylic acids is 1. The number of methoxy groups -OCH3 is 1. The Balaban J connectivity index is 1.58. The SMILES string of the molecule is COc1ccc(NC(=O)C=Cc2ccsc2)cc1OCCN1C(C)CCCC1C. The van der Waals surface area contributed by atoms with Crippen molar-refractivity contribution in [1.82, 2.24) is 4.90 Å². The molecular formula is C23H30N2O3S. The fraction of sp³-hybridized carbons (Fsp3) is 0.435. The van der Waals surface area contributed by atoms with Crippen molar-refractivity contribution >= 4 is 29.0 Å². The molecule has 3 rings (SSSR count). The van der Waals surface area contributed by atoms with Crippen LogP contribution < -0.4 is 14.8 Å². The third kappa shape index (κ3) is 6.08. The molecule has 1 N–H and O–H groups in total. The number of thiophene rings is 1. The van der Waals surface area contributed by atoms with Crippen molar-refractivity contribution in [2.24, 2.45) is 0 Å². The normalized spacial score (nSPS) is 20.0. The maximum absolute atomic E-state index is 12.2. The fourth-order valence-corrected chi connectivity index (χ4v) is 4.40. The molecule has 0 spiro atoms. The number of carbonyl (C=O) groups is 1. The van der Waals surface area contributed by atoms with Gasteiger partial charge < -0.3 is 14.8 Å². The minimum Gasteiger partial charge on any atom is -0.493 e. The minimum absolute atomic E-state index is 0.178. The predicted octanol–water partition coefficient (Wildman–Crippen LogP) is 5.05. The Morgan fingerprint density at radius 3 is 2.72 bits per heavy atom. The second-order valence-electron chi connectivity index (χ2n) is 7.46. The molecule has 6 heteroatoms. The predicted molar refractivity (Wildman–Crippen MR) is 120 cm³/mol. The molecule has 1 fully saturated rings. The number of rotatable bonds is 8. The molecule has 0 aliphatic carbocycles. The Labute approximate surface area is 177 Å². The molecule has 2 unspecified atom stereocenters. The van der Waals surface area contributed by atoms with Gasteiger partial charge in [0.05, 0.1) is 7.11 Å². The summed E-state index contributed by atoms with van der Waals surface area (Å²) in [4.78, 5) is 14.7. The molecule has 5 nitrogen and oxygen atoms in total. The van der Waals surface area contributed by atoms with Crippen LogP contribution in [0.3, 0.4) is 0 Å². The number of benzene rings is 1. The van der Waals surface area contributed by atoms with E-state index in [1.54, 1.807) is 24.5 Å². The number of amides is 1. The molecule has 2 atom stereocenters. The first-order valence-electron chi connectivity index (χ1n) is 10.1. The van der Waals surface area contributed by atoms with E-state index < -0.39 is 0 Å². The smallest absolute Gasteiger partial charge is 0.248 e. The monoisotopic (exact) mass is 414 g/mol. The second-order valence-corrected chi connectivity index (χ2v) is 8.24. The highest BCUT2D eigenvalue weighted by Crippen LogP contribution is 2.30. The van der Waals surface area contributed by atoms with E-state index in [2.05, 4.69) is 24.1 Å². The van der Waals surface area contributed by atoms with E-state index in [-0.39, 0.29) is 5.91 Å². The van der Waals surface area contributed by atoms with Gasteiger partial charge in [-0.05, 0) is 67.3 Å². The third-order valence-corrected chi connectivity index (χ3v) is 6.09. The Bertz CT molecular complexity index is 810. The number of ether oxygens (including phenoxy) is 2. The van der Waals surface area contributed by atoms with E-state index in [1.165, 1.54) is 25.3 Å². The molecule has 156 valence electrons. The molecule has 1 amide bonds. The van der Waals surface area contributed by atoms with Gasteiger partial charge >= 0.3 is 0 Å². The van der Waals surface area contributed by atoms with E-state index in [4.69, 9.17) is 9.47 Å². The maximum Gasteiger partial charge on any atom is 0.248 e. The fourth-order valence-electron chi connectivity index (χ4n) is 3.77. The number of likely N-dealkylation sites (tertiary alicyclic amines) is 1. The number of nitrogens with zero attached hydrogens (tertiary/aromatic N) is 1. The van der Waals surface area contributed by atoms with Gasteiger partial charge in [-0.1, -0.05) is 6.42 Å². The van der Waals surface area contributed by atoms with Crippen LogP contribution in [0.4, 0.5) is 5.69 Å². The number of nitrogens with one attached hydrogen (secondary N) is 1. The molecule has 1 aromatic heterocycles. The van der Waals surface area contributed by atoms with Gasteiger partial charge in [0.25, 0.3) is 0 Å². The summed E-state index contributed by atoms with van der Waals surface area (Å²) in [5.74, 6) is 1.13. The molecule has 1 aromatic carbocycles. The topological polar surface area (TPSA) is 50.8 Å². The summed E-state index contributed by atoms with van der Waals surface area (Å²) in [6.07, 6.45) is 7.12. The number of piperidine rings is 1. The lowest BCUT2D eigenvalue weighted by Gasteiger charge is -2.38. The maximum atomic E-state index is 12.2. The van der Waals surface area contributed by atoms with Gasteiger partial charge in [-0.25, -0.2) is 0 Å². The van der Waals surface area contributed by atoms with Gasteiger partial charge in [0.15, 0.2) is 11.5 Å². The summed E-state index contributed by atoms with van der Waals surface area (Å²) in [6, 6.07) is 8.60. The van der Waals surface area contributed by atoms with E-state index in [1.807, 2.05) is 35.0 Å². The highest BCUT2D eigenvalue weighted by Gasteiger charge is 2.24. The number of anilines is 1. The first-order valence-corrected chi connectivity index (χ1v) is 11.1. The van der Waals surface area contributed by atoms with Crippen molar-refractivity contribution in [2.45, 2.75) is 45.2 Å². The lowest BCUT2D eigenvalue weighted by Crippen LogP contribution is -2.45. The van der Waals surface area contributed by atoms with Gasteiger partial charge in [-0.3, -0.25) is 9.69 Å². The van der Waals surface area contributed by atoms with Gasteiger partial charge in [-0.15, -0.1) is 0 Å². The highest BCUT2D eigenvalue weighted by atomic mass is 32.1. The number of hydrogen-bond acceptors (Lipinski definition) is 5. The molecule has 0 radical (unpaired) electrons. The lowest BCUT2D eigenvalue weighted by molar-refractivity contribution is -0.111. The van der Waals surface area contributed by atoms with E-state index in [0.29, 0.717) is 35.9 Å². The molecule has 1 saturated heterocycles. The van der Waals surface area contributed by atoms with E-state index in [9.17, 15) is 4.79 Å². The average molecular weight is 415 g/mol. The van der Waals surface area contributed by atoms with Crippen LogP contribution in [0.25, 0.3) is 6.08 Å². The minimum atomic E-state index is -0.178. The van der Waals surface area contributed by atoms with Crippen molar-refractivity contribution in [2.75, 3.05) is 25.6 Å². The zero-order chi connectivity index (χ0) is 20.6. The summed E-state index contributed by atoms with van der Waals surface area (Å²) >= 11 is 1.60. The zero-order valence-electron chi connectivity index (χ0n) is 17.4. The summed E-state index contributed by atoms with van der Waals surface area (Å²) in [5.41, 5.74) is 1.70. The standard InChI is InChI=1S/C23H30N2O3S/c1-17-5-4-6-18(2)25(17)12-13-28-22-15-20(8-9-21(22)27-3)24-23(26)10-7-19-11-14-29-16-19/h7-11,14-18H,4-6,12-13H2,1-3H3,(H,24,26). The molecule has 0 saturated carbocycles. The van der Waals surface area contributed by atoms with Gasteiger partial charge in [0.1, 0.15) is 6.61 Å². The van der Waals surface area contributed by atoms with Crippen LogP contribution in [0.15, 0.2) is 41.1 Å². The van der Waals surface area contributed by atoms with Crippen molar-refractivity contribution in [3.8, 4) is 11.5 Å². The first-order chi connectivity index (χ1) is 14.1. The Morgan fingerprint density at radius 1 is 1.24 bits per heavy atom. The molecular weight excluding hydrogens is 384 g/mol. The van der Waals surface area contributed by atoms with Gasteiger partial charge in [0.2, 0.25) is 5.91 Å². The van der Waals surface area contributed by atoms with Crippen LogP contribution in [-0.4, -0.2) is 43.2 Å². The molecule has 2 heterocycles. The summed E-state index contributed by atoms with van der Waals surface area (Å²) in [6.45, 7) is 6.04. The Hall–Kier alpha value is -2.31. The summed E-state index contributed by atoms with van der Waals surface area (Å²) < 4.78 is 11.5. The molecule has 1 aliphatic rings. The van der Waals surface area contributed by atoms with Crippen LogP contribution in [0.1, 0.15) is 38.7 Å². The van der Waals surface area contributed by atoms with E-state index in [0.717, 1.165) is 12.1 Å². The van der Waals surface area contributed by atoms with Crippen molar-refractivity contribution in [3.63, 3.8) is 0 Å². The van der Waals surface area contributed by atoms with Crippen molar-refractivity contribution < 1.29 is 14.3 Å². The second kappa shape index (κ2) is 10.5. The molecule has 2 aromatic rings. The molecule has 29 heavy (non-hydrogen) atoms. The zero-order valence-corrected chi connectivity index (χ0v) is 18.2. The van der Waals surface area contributed by atoms with Crippen LogP contribution in [-0.2, 0) is 4.79 Å². The third-order valence-electron chi connectivity index (χ3n) is 5.38. The van der Waals surface area contributed by atoms with Crippen LogP contribution >= 0.6 is 11.3 Å². The molecule has 0 bridgehead atoms. The van der Waals surface area contributed by atoms with E-state index >= 15 is 0 Å². The summed E-state index contributed by atoms with van der Waals surface area (Å²) in [5, 5.41) is 6.86. The van der Waals surface area contributed by atoms with Gasteiger partial charge in [-0.2, -0.15) is 11.3 Å². The van der Waals surface area contributed by atoms with Crippen LogP contribution in [0.5, 0.6) is 11.5 Å². The Morgan fingerprint density at radius 2 is 2.03 bits per heavy atom. The molecule has 1 aliphatic heterocycles. The largest absolute Gasteiger partial charge is 0.493 e. The first kappa shape index (κ1) is 21.4. The van der Waals surface area contributed by atoms with Crippen LogP contribution in [0, 0.1) is 0 Å². The van der Waals surface area contributed by atoms with Gasteiger partial charge in [0, 0.05) is 36.5 Å². The highest BCUT2D eigenvalue weighted by molar-refractivity contribution is 7.08. The van der Waals surface area contributed by atoms with Crippen molar-refractivity contribution in [1.29, 1.82) is 0 Å². The number of hydrogen-bond donors (Lipinski definition) is 1. The van der Waals surface area contributed by atoms with Crippen molar-refractivity contribution in [3.05, 3.63) is 46.7 Å². The lowest BCUT2D eigenvalue weighted by atomic mass is 9.98.